The van der Waals surface area contributed by atoms with E-state index in [1.807, 2.05) is 30.3 Å². The van der Waals surface area contributed by atoms with E-state index in [0.717, 1.165) is 16.6 Å². The van der Waals surface area contributed by atoms with Gasteiger partial charge in [0.25, 0.3) is 11.8 Å². The van der Waals surface area contributed by atoms with Crippen molar-refractivity contribution >= 4 is 52.2 Å². The van der Waals surface area contributed by atoms with Crippen molar-refractivity contribution in [2.45, 2.75) is 0 Å². The van der Waals surface area contributed by atoms with Crippen LogP contribution in [0.3, 0.4) is 0 Å². The van der Waals surface area contributed by atoms with Crippen LogP contribution >= 0.6 is 11.6 Å². The smallest absolute Gasteiger partial charge is 0.266 e. The third-order valence-electron chi connectivity index (χ3n) is 4.97. The maximum atomic E-state index is 12.9. The Labute approximate surface area is 171 Å². The number of carbonyl (C=O) groups is 2. The quantitative estimate of drug-likeness (QED) is 0.482. The van der Waals surface area contributed by atoms with Crippen molar-refractivity contribution in [1.29, 1.82) is 0 Å². The van der Waals surface area contributed by atoms with Gasteiger partial charge < -0.3 is 0 Å². The van der Waals surface area contributed by atoms with Crippen LogP contribution in [-0.2, 0) is 0 Å². The highest BCUT2D eigenvalue weighted by Crippen LogP contribution is 2.35. The largest absolute Gasteiger partial charge is 0.277 e. The molecular weight excluding hydrogens is 386 g/mol. The van der Waals surface area contributed by atoms with Crippen molar-refractivity contribution in [2.75, 3.05) is 4.90 Å². The van der Waals surface area contributed by atoms with Crippen molar-refractivity contribution in [3.05, 3.63) is 94.1 Å². The molecule has 0 radical (unpaired) electrons. The van der Waals surface area contributed by atoms with Gasteiger partial charge in [0.05, 0.1) is 28.0 Å². The number of hydrogen-bond acceptors (Lipinski definition) is 3. The molecule has 0 aliphatic carbocycles. The topological polar surface area (TPSA) is 66.1 Å². The maximum Gasteiger partial charge on any atom is 0.266 e. The van der Waals surface area contributed by atoms with E-state index >= 15 is 0 Å². The van der Waals surface area contributed by atoms with Crippen LogP contribution in [0.2, 0.25) is 5.02 Å². The molecule has 0 spiro atoms. The number of rotatable bonds is 3. The van der Waals surface area contributed by atoms with Gasteiger partial charge in [-0.05, 0) is 42.5 Å². The Bertz CT molecular complexity index is 1290. The summed E-state index contributed by atoms with van der Waals surface area (Å²) in [5, 5.41) is 8.72. The number of aromatic amines is 1. The molecule has 0 bridgehead atoms. The Balaban J connectivity index is 1.60. The number of hydrogen-bond donors (Lipinski definition) is 1. The summed E-state index contributed by atoms with van der Waals surface area (Å²) in [5.74, 6) is -0.708. The Kier molecular flexibility index (Phi) is 4.03. The van der Waals surface area contributed by atoms with Crippen molar-refractivity contribution in [1.82, 2.24) is 10.2 Å². The molecule has 5 rings (SSSR count). The van der Waals surface area contributed by atoms with Gasteiger partial charge in [0.1, 0.15) is 0 Å². The Morgan fingerprint density at radius 2 is 1.52 bits per heavy atom. The van der Waals surface area contributed by atoms with E-state index in [0.29, 0.717) is 27.4 Å². The van der Waals surface area contributed by atoms with Gasteiger partial charge in [0, 0.05) is 16.0 Å². The first-order valence-electron chi connectivity index (χ1n) is 9.02. The Morgan fingerprint density at radius 3 is 2.28 bits per heavy atom. The highest BCUT2D eigenvalue weighted by Gasteiger charge is 2.37. The average Bonchev–Trinajstić information content (AvgIpc) is 3.26. The number of amides is 2. The molecular formula is C23H14ClN3O2. The number of benzene rings is 3. The molecule has 0 saturated carbocycles. The van der Waals surface area contributed by atoms with E-state index in [9.17, 15) is 9.59 Å². The number of anilines is 1. The van der Waals surface area contributed by atoms with E-state index < -0.39 is 0 Å². The minimum atomic E-state index is -0.354. The monoisotopic (exact) mass is 399 g/mol. The number of imide groups is 1. The number of para-hydroxylation sites is 1. The summed E-state index contributed by atoms with van der Waals surface area (Å²) in [5.41, 5.74) is 3.48. The van der Waals surface area contributed by atoms with Gasteiger partial charge in [-0.1, -0.05) is 48.0 Å². The summed E-state index contributed by atoms with van der Waals surface area (Å²) in [4.78, 5) is 27.0. The standard InChI is InChI=1S/C23H14ClN3O2/c24-18-9-5-11-21(27-22(28)14-6-1-2-7-15(14)23(27)29)16(18)12-13-20-17-8-3-4-10-19(17)25-26-20/h1-13H,(H,25,26). The number of nitrogens with zero attached hydrogens (tertiary/aromatic N) is 2. The lowest BCUT2D eigenvalue weighted by Gasteiger charge is -2.17. The zero-order chi connectivity index (χ0) is 20.0. The van der Waals surface area contributed by atoms with Crippen molar-refractivity contribution < 1.29 is 9.59 Å². The first kappa shape index (κ1) is 17.4. The summed E-state index contributed by atoms with van der Waals surface area (Å²) in [7, 11) is 0. The number of H-pyrrole nitrogens is 1. The molecule has 29 heavy (non-hydrogen) atoms. The lowest BCUT2D eigenvalue weighted by atomic mass is 10.1. The second-order valence-corrected chi connectivity index (χ2v) is 7.06. The fraction of sp³-hybridized carbons (Fsp3) is 0. The number of fused-ring (bicyclic) bond motifs is 2. The third kappa shape index (κ3) is 2.75. The molecule has 1 aliphatic heterocycles. The molecule has 2 amide bonds. The van der Waals surface area contributed by atoms with E-state index in [4.69, 9.17) is 11.6 Å². The number of aromatic nitrogens is 2. The highest BCUT2D eigenvalue weighted by molar-refractivity contribution is 6.37. The fourth-order valence-electron chi connectivity index (χ4n) is 3.57. The fourth-order valence-corrected chi connectivity index (χ4v) is 3.80. The van der Waals surface area contributed by atoms with E-state index in [1.54, 1.807) is 48.5 Å². The molecule has 1 N–H and O–H groups in total. The van der Waals surface area contributed by atoms with Crippen LogP contribution in [0.15, 0.2) is 66.7 Å². The predicted octanol–water partition coefficient (Wildman–Crippen LogP) is 5.19. The summed E-state index contributed by atoms with van der Waals surface area (Å²) < 4.78 is 0. The lowest BCUT2D eigenvalue weighted by Crippen LogP contribution is -2.30. The van der Waals surface area contributed by atoms with E-state index in [2.05, 4.69) is 10.2 Å². The van der Waals surface area contributed by atoms with E-state index in [-0.39, 0.29) is 11.8 Å². The van der Waals surface area contributed by atoms with Crippen molar-refractivity contribution in [3.8, 4) is 0 Å². The molecule has 1 aliphatic rings. The number of halogens is 1. The van der Waals surface area contributed by atoms with Crippen LogP contribution in [0.5, 0.6) is 0 Å². The third-order valence-corrected chi connectivity index (χ3v) is 5.30. The van der Waals surface area contributed by atoms with Gasteiger partial charge in [-0.25, -0.2) is 4.90 Å². The lowest BCUT2D eigenvalue weighted by molar-refractivity contribution is 0.0926. The Hall–Kier alpha value is -3.70. The van der Waals surface area contributed by atoms with Crippen LogP contribution in [0.1, 0.15) is 32.0 Å². The minimum absolute atomic E-state index is 0.354. The van der Waals surface area contributed by atoms with Crippen molar-refractivity contribution in [3.63, 3.8) is 0 Å². The van der Waals surface area contributed by atoms with Gasteiger partial charge in [0.2, 0.25) is 0 Å². The zero-order valence-corrected chi connectivity index (χ0v) is 15.9. The highest BCUT2D eigenvalue weighted by atomic mass is 35.5. The molecule has 5 nitrogen and oxygen atoms in total. The molecule has 0 fully saturated rings. The molecule has 6 heteroatoms. The maximum absolute atomic E-state index is 12.9. The molecule has 0 unspecified atom stereocenters. The molecule has 0 saturated heterocycles. The SMILES string of the molecule is O=C1c2ccccc2C(=O)N1c1cccc(Cl)c1C=Cc1n[nH]c2ccccc12. The summed E-state index contributed by atoms with van der Waals surface area (Å²) in [6.07, 6.45) is 3.60. The van der Waals surface area contributed by atoms with Gasteiger partial charge >= 0.3 is 0 Å². The molecule has 2 heterocycles. The first-order valence-corrected chi connectivity index (χ1v) is 9.40. The summed E-state index contributed by atoms with van der Waals surface area (Å²) in [6.45, 7) is 0. The van der Waals surface area contributed by atoms with Crippen LogP contribution < -0.4 is 4.90 Å². The molecule has 4 aromatic rings. The molecule has 1 aromatic heterocycles. The van der Waals surface area contributed by atoms with Crippen molar-refractivity contribution in [2.24, 2.45) is 0 Å². The van der Waals surface area contributed by atoms with E-state index in [1.165, 1.54) is 4.90 Å². The summed E-state index contributed by atoms with van der Waals surface area (Å²) in [6, 6.07) is 19.8. The Morgan fingerprint density at radius 1 is 0.828 bits per heavy atom. The van der Waals surface area contributed by atoms with Crippen LogP contribution in [0.25, 0.3) is 23.1 Å². The van der Waals surface area contributed by atoms with Gasteiger partial charge in [0.15, 0.2) is 0 Å². The normalized spacial score (nSPS) is 13.6. The second-order valence-electron chi connectivity index (χ2n) is 6.65. The molecule has 140 valence electrons. The molecule has 3 aromatic carbocycles. The second kappa shape index (κ2) is 6.72. The van der Waals surface area contributed by atoms with Gasteiger partial charge in [-0.15, -0.1) is 0 Å². The van der Waals surface area contributed by atoms with Gasteiger partial charge in [-0.3, -0.25) is 14.7 Å². The number of carbonyl (C=O) groups excluding carboxylic acids is 2. The molecule has 0 atom stereocenters. The van der Waals surface area contributed by atoms with Crippen LogP contribution in [0.4, 0.5) is 5.69 Å². The van der Waals surface area contributed by atoms with Crippen LogP contribution in [-0.4, -0.2) is 22.0 Å². The zero-order valence-electron chi connectivity index (χ0n) is 15.1. The number of nitrogens with one attached hydrogen (secondary N) is 1. The summed E-state index contributed by atoms with van der Waals surface area (Å²) >= 11 is 6.44. The van der Waals surface area contributed by atoms with Crippen LogP contribution in [0, 0.1) is 0 Å². The average molecular weight is 400 g/mol. The first-order chi connectivity index (χ1) is 14.1. The predicted molar refractivity (Wildman–Crippen MR) is 114 cm³/mol. The minimum Gasteiger partial charge on any atom is -0.277 e. The van der Waals surface area contributed by atoms with Gasteiger partial charge in [-0.2, -0.15) is 5.10 Å².